The van der Waals surface area contributed by atoms with E-state index in [-0.39, 0.29) is 17.9 Å². The minimum Gasteiger partial charge on any atom is -0.349 e. The van der Waals surface area contributed by atoms with E-state index >= 15 is 0 Å². The first-order valence-corrected chi connectivity index (χ1v) is 9.89. The van der Waals surface area contributed by atoms with Crippen LogP contribution >= 0.6 is 0 Å². The third kappa shape index (κ3) is 5.67. The number of nitrogens with zero attached hydrogens (tertiary/aromatic N) is 2. The Hall–Kier alpha value is -2.66. The Labute approximate surface area is 167 Å². The normalized spacial score (nSPS) is 15.9. The third-order valence-electron chi connectivity index (χ3n) is 5.17. The SMILES string of the molecule is CC(=O)N[C@@H](CC(=O)N1CCN(Cc2cccc(C)c2)CC1)c1ccccc1. The van der Waals surface area contributed by atoms with Crippen LogP contribution in [0.3, 0.4) is 0 Å². The van der Waals surface area contributed by atoms with Crippen LogP contribution in [0.5, 0.6) is 0 Å². The van der Waals surface area contributed by atoms with E-state index in [1.807, 2.05) is 35.2 Å². The van der Waals surface area contributed by atoms with Gasteiger partial charge in [0.1, 0.15) is 0 Å². The van der Waals surface area contributed by atoms with E-state index in [9.17, 15) is 9.59 Å². The Morgan fingerprint density at radius 1 is 1.00 bits per heavy atom. The van der Waals surface area contributed by atoms with Gasteiger partial charge in [0.25, 0.3) is 0 Å². The van der Waals surface area contributed by atoms with Crippen LogP contribution in [0.25, 0.3) is 0 Å². The topological polar surface area (TPSA) is 52.7 Å². The lowest BCUT2D eigenvalue weighted by molar-refractivity contribution is -0.133. The van der Waals surface area contributed by atoms with Gasteiger partial charge >= 0.3 is 0 Å². The van der Waals surface area contributed by atoms with Crippen LogP contribution in [0.4, 0.5) is 0 Å². The van der Waals surface area contributed by atoms with Crippen LogP contribution in [0.15, 0.2) is 54.6 Å². The van der Waals surface area contributed by atoms with Crippen molar-refractivity contribution in [2.75, 3.05) is 26.2 Å². The monoisotopic (exact) mass is 379 g/mol. The van der Waals surface area contributed by atoms with E-state index in [0.29, 0.717) is 6.42 Å². The molecule has 1 fully saturated rings. The Bertz CT molecular complexity index is 799. The number of carbonyl (C=O) groups is 2. The first-order chi connectivity index (χ1) is 13.5. The van der Waals surface area contributed by atoms with E-state index in [4.69, 9.17) is 0 Å². The van der Waals surface area contributed by atoms with E-state index in [1.54, 1.807) is 0 Å². The van der Waals surface area contributed by atoms with Crippen molar-refractivity contribution in [1.82, 2.24) is 15.1 Å². The summed E-state index contributed by atoms with van der Waals surface area (Å²) in [6.07, 6.45) is 0.293. The number of rotatable bonds is 6. The van der Waals surface area contributed by atoms with Crippen LogP contribution < -0.4 is 5.32 Å². The zero-order valence-corrected chi connectivity index (χ0v) is 16.7. The number of nitrogens with one attached hydrogen (secondary N) is 1. The van der Waals surface area contributed by atoms with Gasteiger partial charge in [-0.25, -0.2) is 0 Å². The lowest BCUT2D eigenvalue weighted by Gasteiger charge is -2.35. The highest BCUT2D eigenvalue weighted by Gasteiger charge is 2.24. The van der Waals surface area contributed by atoms with Crippen molar-refractivity contribution < 1.29 is 9.59 Å². The molecule has 0 aromatic heterocycles. The number of hydrogen-bond acceptors (Lipinski definition) is 3. The van der Waals surface area contributed by atoms with Crippen LogP contribution in [0.1, 0.15) is 36.1 Å². The van der Waals surface area contributed by atoms with Gasteiger partial charge in [-0.05, 0) is 18.1 Å². The molecule has 2 aromatic rings. The highest BCUT2D eigenvalue weighted by Crippen LogP contribution is 2.19. The van der Waals surface area contributed by atoms with E-state index in [1.165, 1.54) is 18.1 Å². The minimum absolute atomic E-state index is 0.0952. The smallest absolute Gasteiger partial charge is 0.225 e. The fourth-order valence-electron chi connectivity index (χ4n) is 3.71. The van der Waals surface area contributed by atoms with Gasteiger partial charge in [-0.3, -0.25) is 14.5 Å². The van der Waals surface area contributed by atoms with Gasteiger partial charge in [0.15, 0.2) is 0 Å². The summed E-state index contributed by atoms with van der Waals surface area (Å²) in [6.45, 7) is 7.72. The van der Waals surface area contributed by atoms with Crippen molar-refractivity contribution in [3.63, 3.8) is 0 Å². The number of benzene rings is 2. The summed E-state index contributed by atoms with van der Waals surface area (Å²) in [5.74, 6) is -0.0255. The Balaban J connectivity index is 1.54. The standard InChI is InChI=1S/C23H29N3O2/c1-18-7-6-8-20(15-18)17-25-11-13-26(14-12-25)23(28)16-22(24-19(2)27)21-9-4-3-5-10-21/h3-10,15,22H,11-14,16-17H2,1-2H3,(H,24,27)/t22-/m0/s1. The Morgan fingerprint density at radius 2 is 1.71 bits per heavy atom. The third-order valence-corrected chi connectivity index (χ3v) is 5.17. The van der Waals surface area contributed by atoms with E-state index in [0.717, 1.165) is 38.3 Å². The van der Waals surface area contributed by atoms with Gasteiger partial charge < -0.3 is 10.2 Å². The van der Waals surface area contributed by atoms with Crippen LogP contribution in [-0.2, 0) is 16.1 Å². The van der Waals surface area contributed by atoms with Crippen molar-refractivity contribution >= 4 is 11.8 Å². The molecular formula is C23H29N3O2. The number of hydrogen-bond donors (Lipinski definition) is 1. The summed E-state index contributed by atoms with van der Waals surface area (Å²) in [5, 5.41) is 2.92. The molecule has 3 rings (SSSR count). The van der Waals surface area contributed by atoms with Gasteiger partial charge in [0, 0.05) is 39.6 Å². The molecule has 2 amide bonds. The zero-order chi connectivity index (χ0) is 19.9. The first-order valence-electron chi connectivity index (χ1n) is 9.89. The summed E-state index contributed by atoms with van der Waals surface area (Å²) >= 11 is 0. The van der Waals surface area contributed by atoms with E-state index < -0.39 is 0 Å². The summed E-state index contributed by atoms with van der Waals surface area (Å²) in [4.78, 5) is 28.7. The average molecular weight is 380 g/mol. The second kappa shape index (κ2) is 9.51. The van der Waals surface area contributed by atoms with Crippen LogP contribution in [0, 0.1) is 6.92 Å². The number of amides is 2. The van der Waals surface area contributed by atoms with Crippen molar-refractivity contribution in [3.05, 3.63) is 71.3 Å². The molecule has 1 heterocycles. The Kier molecular flexibility index (Phi) is 6.82. The zero-order valence-electron chi connectivity index (χ0n) is 16.7. The summed E-state index contributed by atoms with van der Waals surface area (Å²) in [7, 11) is 0. The molecule has 28 heavy (non-hydrogen) atoms. The highest BCUT2D eigenvalue weighted by atomic mass is 16.2. The fraction of sp³-hybridized carbons (Fsp3) is 0.391. The molecule has 0 bridgehead atoms. The molecule has 1 saturated heterocycles. The molecule has 1 atom stereocenters. The molecule has 5 nitrogen and oxygen atoms in total. The molecule has 1 aliphatic rings. The van der Waals surface area contributed by atoms with Gasteiger partial charge in [0.05, 0.1) is 12.5 Å². The predicted molar refractivity (Wildman–Crippen MR) is 111 cm³/mol. The number of carbonyl (C=O) groups excluding carboxylic acids is 2. The summed E-state index contributed by atoms with van der Waals surface area (Å²) < 4.78 is 0. The molecule has 148 valence electrons. The highest BCUT2D eigenvalue weighted by molar-refractivity contribution is 5.79. The predicted octanol–water partition coefficient (Wildman–Crippen LogP) is 2.91. The van der Waals surface area contributed by atoms with E-state index in [2.05, 4.69) is 41.4 Å². The molecule has 1 N–H and O–H groups in total. The molecule has 0 aliphatic carbocycles. The summed E-state index contributed by atoms with van der Waals surface area (Å²) in [5.41, 5.74) is 3.55. The quantitative estimate of drug-likeness (QED) is 0.840. The van der Waals surface area contributed by atoms with Gasteiger partial charge in [-0.15, -0.1) is 0 Å². The van der Waals surface area contributed by atoms with Crippen molar-refractivity contribution in [3.8, 4) is 0 Å². The molecule has 2 aromatic carbocycles. The van der Waals surface area contributed by atoms with Crippen molar-refractivity contribution in [2.24, 2.45) is 0 Å². The lowest BCUT2D eigenvalue weighted by atomic mass is 10.0. The molecular weight excluding hydrogens is 350 g/mol. The second-order valence-electron chi connectivity index (χ2n) is 7.51. The molecule has 0 spiro atoms. The molecule has 0 radical (unpaired) electrons. The van der Waals surface area contributed by atoms with Gasteiger partial charge in [0.2, 0.25) is 11.8 Å². The maximum absolute atomic E-state index is 12.8. The fourth-order valence-corrected chi connectivity index (χ4v) is 3.71. The molecule has 1 aliphatic heterocycles. The molecule has 0 unspecified atom stereocenters. The maximum Gasteiger partial charge on any atom is 0.225 e. The largest absolute Gasteiger partial charge is 0.349 e. The van der Waals surface area contributed by atoms with Crippen LogP contribution in [0.2, 0.25) is 0 Å². The summed E-state index contributed by atoms with van der Waals surface area (Å²) in [6, 6.07) is 18.0. The second-order valence-corrected chi connectivity index (χ2v) is 7.51. The van der Waals surface area contributed by atoms with Crippen LogP contribution in [-0.4, -0.2) is 47.8 Å². The Morgan fingerprint density at radius 3 is 2.36 bits per heavy atom. The number of aryl methyl sites for hydroxylation is 1. The molecule has 0 saturated carbocycles. The maximum atomic E-state index is 12.8. The molecule has 5 heteroatoms. The minimum atomic E-state index is -0.281. The van der Waals surface area contributed by atoms with Crippen molar-refractivity contribution in [1.29, 1.82) is 0 Å². The first kappa shape index (κ1) is 20.1. The lowest BCUT2D eigenvalue weighted by Crippen LogP contribution is -2.49. The number of piperazine rings is 1. The average Bonchev–Trinajstić information content (AvgIpc) is 2.68. The van der Waals surface area contributed by atoms with Gasteiger partial charge in [-0.2, -0.15) is 0 Å². The van der Waals surface area contributed by atoms with Gasteiger partial charge in [-0.1, -0.05) is 60.2 Å². The van der Waals surface area contributed by atoms with Crippen molar-refractivity contribution in [2.45, 2.75) is 32.9 Å².